The molecule has 0 heterocycles. The summed E-state index contributed by atoms with van der Waals surface area (Å²) in [7, 11) is 1.60. The van der Waals surface area contributed by atoms with Gasteiger partial charge in [-0.05, 0) is 6.42 Å². The number of hydrogen-bond donors (Lipinski definition) is 1. The summed E-state index contributed by atoms with van der Waals surface area (Å²) in [5, 5.41) is 0. The van der Waals surface area contributed by atoms with Crippen LogP contribution in [0.4, 0.5) is 0 Å². The lowest BCUT2D eigenvalue weighted by atomic mass is 10.3. The minimum atomic E-state index is 0.00926. The van der Waals surface area contributed by atoms with Gasteiger partial charge in [-0.1, -0.05) is 13.3 Å². The van der Waals surface area contributed by atoms with Gasteiger partial charge in [-0.15, -0.1) is 0 Å². The number of carbonyl (C=O) groups excluding carboxylic acids is 1. The Bertz CT molecular complexity index is 177. The van der Waals surface area contributed by atoms with Gasteiger partial charge in [-0.25, -0.2) is 0 Å². The van der Waals surface area contributed by atoms with E-state index < -0.39 is 0 Å². The zero-order chi connectivity index (χ0) is 12.2. The largest absolute Gasteiger partial charge is 0.382 e. The Kier molecular flexibility index (Phi) is 10.4. The van der Waals surface area contributed by atoms with Crippen molar-refractivity contribution < 1.29 is 14.3 Å². The number of carbonyl (C=O) groups is 1. The van der Waals surface area contributed by atoms with Crippen LogP contribution in [0, 0.1) is 0 Å². The molecule has 0 fully saturated rings. The molecule has 0 aromatic carbocycles. The van der Waals surface area contributed by atoms with Crippen LogP contribution in [-0.4, -0.2) is 57.4 Å². The Morgan fingerprint density at radius 2 is 2.06 bits per heavy atom. The Balaban J connectivity index is 3.77. The third kappa shape index (κ3) is 7.62. The quantitative estimate of drug-likeness (QED) is 0.548. The first-order chi connectivity index (χ1) is 7.76. The van der Waals surface area contributed by atoms with Gasteiger partial charge in [0.05, 0.1) is 13.2 Å². The summed E-state index contributed by atoms with van der Waals surface area (Å²) >= 11 is 0. The highest BCUT2D eigenvalue weighted by atomic mass is 16.5. The lowest BCUT2D eigenvalue weighted by Crippen LogP contribution is -2.38. The number of rotatable bonds is 10. The maximum atomic E-state index is 11.7. The van der Waals surface area contributed by atoms with Crippen LogP contribution in [0.2, 0.25) is 0 Å². The number of hydrogen-bond acceptors (Lipinski definition) is 4. The Hall–Kier alpha value is -0.650. The van der Waals surface area contributed by atoms with Gasteiger partial charge < -0.3 is 20.1 Å². The Labute approximate surface area is 97.9 Å². The third-order valence-electron chi connectivity index (χ3n) is 2.19. The molecule has 96 valence electrons. The molecule has 1 amide bonds. The minimum Gasteiger partial charge on any atom is -0.382 e. The molecule has 0 atom stereocenters. The maximum absolute atomic E-state index is 11.7. The molecular weight excluding hydrogens is 208 g/mol. The molecule has 16 heavy (non-hydrogen) atoms. The molecule has 0 aliphatic carbocycles. The predicted octanol–water partition coefficient (Wildman–Crippen LogP) is 0.237. The van der Waals surface area contributed by atoms with Gasteiger partial charge in [-0.3, -0.25) is 4.79 Å². The molecule has 0 bridgehead atoms. The number of methoxy groups -OCH3 is 1. The lowest BCUT2D eigenvalue weighted by Gasteiger charge is -2.21. The second kappa shape index (κ2) is 10.9. The summed E-state index contributed by atoms with van der Waals surface area (Å²) in [6.07, 6.45) is 2.07. The highest BCUT2D eigenvalue weighted by Crippen LogP contribution is 1.96. The summed E-state index contributed by atoms with van der Waals surface area (Å²) in [4.78, 5) is 13.5. The molecule has 0 aliphatic heterocycles. The normalized spacial score (nSPS) is 10.4. The second-order valence-corrected chi connectivity index (χ2v) is 3.57. The summed E-state index contributed by atoms with van der Waals surface area (Å²) in [6, 6.07) is 0. The van der Waals surface area contributed by atoms with Crippen LogP contribution in [0.25, 0.3) is 0 Å². The van der Waals surface area contributed by atoms with E-state index in [1.165, 1.54) is 0 Å². The number of ether oxygens (including phenoxy) is 2. The summed E-state index contributed by atoms with van der Waals surface area (Å²) < 4.78 is 10.0. The van der Waals surface area contributed by atoms with Gasteiger partial charge in [0.1, 0.15) is 6.61 Å². The fourth-order valence-electron chi connectivity index (χ4n) is 1.26. The summed E-state index contributed by atoms with van der Waals surface area (Å²) in [6.45, 7) is 5.04. The van der Waals surface area contributed by atoms with Crippen LogP contribution in [0.3, 0.4) is 0 Å². The number of nitrogens with two attached hydrogens (primary N) is 1. The molecule has 0 unspecified atom stereocenters. The molecule has 0 rings (SSSR count). The fraction of sp³-hybridized carbons (Fsp3) is 0.909. The number of unbranched alkanes of at least 4 members (excludes halogenated alkanes) is 1. The average molecular weight is 232 g/mol. The van der Waals surface area contributed by atoms with E-state index in [1.807, 2.05) is 0 Å². The van der Waals surface area contributed by atoms with Crippen LogP contribution < -0.4 is 5.73 Å². The van der Waals surface area contributed by atoms with Gasteiger partial charge in [-0.2, -0.15) is 0 Å². The minimum absolute atomic E-state index is 0.00926. The van der Waals surface area contributed by atoms with Gasteiger partial charge in [0.25, 0.3) is 0 Å². The van der Waals surface area contributed by atoms with Gasteiger partial charge in [0.15, 0.2) is 0 Å². The van der Waals surface area contributed by atoms with Gasteiger partial charge >= 0.3 is 0 Å². The van der Waals surface area contributed by atoms with E-state index in [-0.39, 0.29) is 12.5 Å². The van der Waals surface area contributed by atoms with Crippen LogP contribution >= 0.6 is 0 Å². The van der Waals surface area contributed by atoms with E-state index in [2.05, 4.69) is 6.92 Å². The molecule has 0 aliphatic rings. The Morgan fingerprint density at radius 1 is 1.31 bits per heavy atom. The van der Waals surface area contributed by atoms with E-state index in [4.69, 9.17) is 15.2 Å². The van der Waals surface area contributed by atoms with Gasteiger partial charge in [0.2, 0.25) is 5.91 Å². The van der Waals surface area contributed by atoms with Gasteiger partial charge in [0, 0.05) is 26.7 Å². The smallest absolute Gasteiger partial charge is 0.248 e. The van der Waals surface area contributed by atoms with Crippen molar-refractivity contribution in [3.8, 4) is 0 Å². The Morgan fingerprint density at radius 3 is 2.62 bits per heavy atom. The van der Waals surface area contributed by atoms with Crippen LogP contribution in [0.1, 0.15) is 19.8 Å². The number of amides is 1. The first kappa shape index (κ1) is 15.3. The first-order valence-corrected chi connectivity index (χ1v) is 5.80. The molecule has 0 saturated heterocycles. The molecule has 0 spiro atoms. The summed E-state index contributed by atoms with van der Waals surface area (Å²) in [5.41, 5.74) is 5.46. The van der Waals surface area contributed by atoms with Crippen LogP contribution in [-0.2, 0) is 14.3 Å². The van der Waals surface area contributed by atoms with Crippen molar-refractivity contribution in [2.45, 2.75) is 19.8 Å². The highest BCUT2D eigenvalue weighted by molar-refractivity contribution is 5.77. The predicted molar refractivity (Wildman–Crippen MR) is 63.2 cm³/mol. The third-order valence-corrected chi connectivity index (χ3v) is 2.19. The van der Waals surface area contributed by atoms with E-state index in [1.54, 1.807) is 12.0 Å². The van der Waals surface area contributed by atoms with E-state index >= 15 is 0 Å². The molecule has 0 saturated carbocycles. The maximum Gasteiger partial charge on any atom is 0.248 e. The van der Waals surface area contributed by atoms with E-state index in [0.717, 1.165) is 19.4 Å². The molecule has 5 heteroatoms. The zero-order valence-electron chi connectivity index (χ0n) is 10.4. The van der Waals surface area contributed by atoms with Crippen molar-refractivity contribution in [1.29, 1.82) is 0 Å². The highest BCUT2D eigenvalue weighted by Gasteiger charge is 2.11. The van der Waals surface area contributed by atoms with Crippen LogP contribution in [0.5, 0.6) is 0 Å². The summed E-state index contributed by atoms with van der Waals surface area (Å²) in [5.74, 6) is 0.00926. The van der Waals surface area contributed by atoms with Crippen molar-refractivity contribution in [3.05, 3.63) is 0 Å². The van der Waals surface area contributed by atoms with Crippen molar-refractivity contribution >= 4 is 5.91 Å². The van der Waals surface area contributed by atoms with E-state index in [9.17, 15) is 4.79 Å². The second-order valence-electron chi connectivity index (χ2n) is 3.57. The van der Waals surface area contributed by atoms with Crippen LogP contribution in [0.15, 0.2) is 0 Å². The SMILES string of the molecule is CCCCN(CCN)C(=O)COCCOC. The van der Waals surface area contributed by atoms with Crippen molar-refractivity contribution in [1.82, 2.24) is 4.90 Å². The number of nitrogens with zero attached hydrogens (tertiary/aromatic N) is 1. The monoisotopic (exact) mass is 232 g/mol. The molecule has 0 radical (unpaired) electrons. The molecule has 0 aromatic heterocycles. The zero-order valence-corrected chi connectivity index (χ0v) is 10.4. The molecule has 5 nitrogen and oxygen atoms in total. The topological polar surface area (TPSA) is 64.8 Å². The standard InChI is InChI=1S/C11H24N2O3/c1-3-4-6-13(7-5-12)11(14)10-16-9-8-15-2/h3-10,12H2,1-2H3. The molecule has 2 N–H and O–H groups in total. The molecular formula is C11H24N2O3. The first-order valence-electron chi connectivity index (χ1n) is 5.80. The fourth-order valence-corrected chi connectivity index (χ4v) is 1.26. The van der Waals surface area contributed by atoms with E-state index in [0.29, 0.717) is 26.3 Å². The average Bonchev–Trinajstić information content (AvgIpc) is 2.29. The molecule has 0 aromatic rings. The van der Waals surface area contributed by atoms with Crippen molar-refractivity contribution in [3.63, 3.8) is 0 Å². The van der Waals surface area contributed by atoms with Crippen molar-refractivity contribution in [2.24, 2.45) is 5.73 Å². The van der Waals surface area contributed by atoms with Crippen molar-refractivity contribution in [2.75, 3.05) is 46.6 Å². The lowest BCUT2D eigenvalue weighted by molar-refractivity contribution is -0.136.